The number of fused-ring (bicyclic) bond motifs is 5. The van der Waals surface area contributed by atoms with Crippen molar-refractivity contribution < 1.29 is 22.7 Å². The van der Waals surface area contributed by atoms with E-state index < -0.39 is 16.1 Å². The summed E-state index contributed by atoms with van der Waals surface area (Å²) in [5.74, 6) is -0.393. The van der Waals surface area contributed by atoms with Crippen LogP contribution in [0.25, 0.3) is 28.2 Å². The van der Waals surface area contributed by atoms with Gasteiger partial charge in [0.25, 0.3) is 11.8 Å². The van der Waals surface area contributed by atoms with Gasteiger partial charge in [-0.15, -0.1) is 0 Å². The first-order valence-electron chi connectivity index (χ1n) is 16.6. The molecule has 1 aliphatic carbocycles. The van der Waals surface area contributed by atoms with Crippen molar-refractivity contribution >= 4 is 39.0 Å². The minimum Gasteiger partial charge on any atom is -0.460 e. The lowest BCUT2D eigenvalue weighted by molar-refractivity contribution is -0.129. The monoisotopic (exact) mass is 668 g/mol. The molecule has 0 spiro atoms. The molecule has 1 saturated carbocycles. The Balaban J connectivity index is 1.27. The molecule has 1 saturated heterocycles. The molecule has 2 fully saturated rings. The molecule has 2 amide bonds. The molecule has 3 aliphatic rings. The van der Waals surface area contributed by atoms with Crippen LogP contribution in [-0.4, -0.2) is 77.3 Å². The van der Waals surface area contributed by atoms with Crippen LogP contribution in [0.1, 0.15) is 72.3 Å². The van der Waals surface area contributed by atoms with Crippen molar-refractivity contribution in [1.82, 2.24) is 28.5 Å². The minimum absolute atomic E-state index is 0.0286. The number of carbonyl (C=O) groups excluding carboxylic acids is 2. The summed E-state index contributed by atoms with van der Waals surface area (Å²) >= 11 is 0. The number of nitrogens with zero attached hydrogens (tertiary/aromatic N) is 5. The largest absolute Gasteiger partial charge is 0.460 e. The Morgan fingerprint density at radius 2 is 1.67 bits per heavy atom. The van der Waals surface area contributed by atoms with Gasteiger partial charge in [0.05, 0.1) is 12.2 Å². The fraction of sp³-hybridized carbons (Fsp3) is 0.389. The number of benzene rings is 2. The van der Waals surface area contributed by atoms with Crippen LogP contribution in [0.4, 0.5) is 0 Å². The third-order valence-corrected chi connectivity index (χ3v) is 11.2. The van der Waals surface area contributed by atoms with Gasteiger partial charge in [-0.2, -0.15) is 12.7 Å². The van der Waals surface area contributed by atoms with Crippen molar-refractivity contribution in [2.24, 2.45) is 0 Å². The van der Waals surface area contributed by atoms with Gasteiger partial charge in [0, 0.05) is 80.0 Å². The van der Waals surface area contributed by atoms with E-state index in [0.717, 1.165) is 57.7 Å². The van der Waals surface area contributed by atoms with Crippen molar-refractivity contribution in [2.75, 3.05) is 27.2 Å². The predicted octanol–water partition coefficient (Wildman–Crippen LogP) is 5.15. The van der Waals surface area contributed by atoms with E-state index in [-0.39, 0.29) is 17.6 Å². The van der Waals surface area contributed by atoms with Crippen LogP contribution in [0.5, 0.6) is 6.01 Å². The number of hydrogen-bond acceptors (Lipinski definition) is 7. The quantitative estimate of drug-likeness (QED) is 0.289. The first-order valence-corrected chi connectivity index (χ1v) is 18.1. The molecule has 2 aromatic heterocycles. The van der Waals surface area contributed by atoms with Gasteiger partial charge in [-0.25, -0.2) is 14.7 Å². The Hall–Kier alpha value is -4.55. The highest BCUT2D eigenvalue weighted by Gasteiger charge is 2.33. The average molecular weight is 669 g/mol. The van der Waals surface area contributed by atoms with Crippen molar-refractivity contribution in [2.45, 2.75) is 63.5 Å². The number of likely N-dealkylation sites (tertiary alicyclic amines) is 1. The van der Waals surface area contributed by atoms with Gasteiger partial charge in [-0.05, 0) is 54.2 Å². The smallest absolute Gasteiger partial charge is 0.316 e. The molecule has 4 aromatic rings. The Bertz CT molecular complexity index is 1990. The Morgan fingerprint density at radius 3 is 2.40 bits per heavy atom. The van der Waals surface area contributed by atoms with Crippen molar-refractivity contribution in [3.05, 3.63) is 83.2 Å². The average Bonchev–Trinajstić information content (AvgIpc) is 3.31. The number of piperidine rings is 1. The molecule has 0 atom stereocenters. The van der Waals surface area contributed by atoms with Crippen molar-refractivity contribution in [3.63, 3.8) is 0 Å². The maximum Gasteiger partial charge on any atom is 0.316 e. The lowest BCUT2D eigenvalue weighted by Gasteiger charge is -2.32. The van der Waals surface area contributed by atoms with E-state index in [1.165, 1.54) is 26.1 Å². The third-order valence-electron chi connectivity index (χ3n) is 9.77. The lowest BCUT2D eigenvalue weighted by Crippen LogP contribution is -2.42. The second-order valence-corrected chi connectivity index (χ2v) is 14.9. The minimum atomic E-state index is -3.98. The van der Waals surface area contributed by atoms with Crippen LogP contribution < -0.4 is 9.46 Å². The van der Waals surface area contributed by atoms with E-state index >= 15 is 0 Å². The number of rotatable bonds is 7. The third kappa shape index (κ3) is 6.22. The van der Waals surface area contributed by atoms with Gasteiger partial charge >= 0.3 is 16.2 Å². The predicted molar refractivity (Wildman–Crippen MR) is 184 cm³/mol. The molecule has 4 heterocycles. The molecule has 11 nitrogen and oxygen atoms in total. The summed E-state index contributed by atoms with van der Waals surface area (Å²) < 4.78 is 36.3. The number of amides is 2. The summed E-state index contributed by atoms with van der Waals surface area (Å²) in [5, 5.41) is 1.04. The van der Waals surface area contributed by atoms with Crippen LogP contribution in [-0.2, 0) is 21.5 Å². The molecule has 12 heteroatoms. The SMILES string of the molecule is CN(C)S(=O)(=O)NC(=O)c1ccc2c(C3CCCCC3)c3n(c2c1)CC(C(=O)N1CCC(Oc2ncccn2)CC1)=Cc1ccccc1-3. The highest BCUT2D eigenvalue weighted by molar-refractivity contribution is 7.87. The number of aromatic nitrogens is 3. The highest BCUT2D eigenvalue weighted by atomic mass is 32.2. The Kier molecular flexibility index (Phi) is 8.78. The molecule has 7 rings (SSSR count). The summed E-state index contributed by atoms with van der Waals surface area (Å²) in [7, 11) is -1.23. The van der Waals surface area contributed by atoms with Gasteiger partial charge in [0.15, 0.2) is 0 Å². The molecule has 250 valence electrons. The fourth-order valence-electron chi connectivity index (χ4n) is 7.29. The van der Waals surface area contributed by atoms with Gasteiger partial charge in [0.1, 0.15) is 6.10 Å². The summed E-state index contributed by atoms with van der Waals surface area (Å²) in [6, 6.07) is 15.7. The molecule has 0 unspecified atom stereocenters. The fourth-order valence-corrected chi connectivity index (χ4v) is 7.83. The number of ether oxygens (including phenoxy) is 1. The zero-order chi connectivity index (χ0) is 33.4. The highest BCUT2D eigenvalue weighted by Crippen LogP contribution is 2.46. The van der Waals surface area contributed by atoms with Crippen LogP contribution in [0.15, 0.2) is 66.5 Å². The van der Waals surface area contributed by atoms with Crippen LogP contribution in [0.3, 0.4) is 0 Å². The van der Waals surface area contributed by atoms with Gasteiger partial charge in [0.2, 0.25) is 0 Å². The van der Waals surface area contributed by atoms with E-state index in [9.17, 15) is 18.0 Å². The Labute approximate surface area is 280 Å². The summed E-state index contributed by atoms with van der Waals surface area (Å²) in [5.41, 5.74) is 6.05. The van der Waals surface area contributed by atoms with Crippen LogP contribution in [0.2, 0.25) is 0 Å². The maximum atomic E-state index is 14.3. The number of nitrogens with one attached hydrogen (secondary N) is 1. The molecule has 48 heavy (non-hydrogen) atoms. The van der Waals surface area contributed by atoms with E-state index in [1.54, 1.807) is 30.6 Å². The van der Waals surface area contributed by atoms with Gasteiger partial charge in [-0.1, -0.05) is 49.6 Å². The molecular formula is C36H40N6O5S. The first kappa shape index (κ1) is 32.0. The maximum absolute atomic E-state index is 14.3. The molecular weight excluding hydrogens is 628 g/mol. The van der Waals surface area contributed by atoms with Gasteiger partial charge < -0.3 is 14.2 Å². The van der Waals surface area contributed by atoms with Gasteiger partial charge in [-0.3, -0.25) is 9.59 Å². The summed E-state index contributed by atoms with van der Waals surface area (Å²) in [6.45, 7) is 1.42. The van der Waals surface area contributed by atoms with E-state index in [1.807, 2.05) is 29.2 Å². The van der Waals surface area contributed by atoms with Crippen LogP contribution in [0, 0.1) is 0 Å². The number of carbonyl (C=O) groups is 2. The number of hydrogen-bond donors (Lipinski definition) is 1. The molecule has 2 aliphatic heterocycles. The normalized spacial score (nSPS) is 17.4. The first-order chi connectivity index (χ1) is 23.2. The zero-order valence-electron chi connectivity index (χ0n) is 27.3. The zero-order valence-corrected chi connectivity index (χ0v) is 28.1. The molecule has 1 N–H and O–H groups in total. The Morgan fingerprint density at radius 1 is 0.938 bits per heavy atom. The second-order valence-electron chi connectivity index (χ2n) is 13.0. The molecule has 0 bridgehead atoms. The standard InChI is InChI=1S/C36H40N6O5S/c1-40(2)48(45,46)39-34(43)26-13-14-30-31(22-26)42-23-27(35(44)41-19-15-28(16-20-41)47-36-37-17-8-18-38-36)21-25-11-6-7-12-29(25)33(42)32(30)24-9-4-3-5-10-24/h6-8,11-14,17-18,21-22,24,28H,3-5,9-10,15-16,19-20,23H2,1-2H3,(H,39,43). The molecule has 2 aromatic carbocycles. The molecule has 0 radical (unpaired) electrons. The van der Waals surface area contributed by atoms with Crippen LogP contribution >= 0.6 is 0 Å². The van der Waals surface area contributed by atoms with E-state index in [0.29, 0.717) is 50.0 Å². The van der Waals surface area contributed by atoms with E-state index in [2.05, 4.69) is 31.4 Å². The lowest BCUT2D eigenvalue weighted by atomic mass is 9.81. The van der Waals surface area contributed by atoms with Crippen molar-refractivity contribution in [3.8, 4) is 17.3 Å². The summed E-state index contributed by atoms with van der Waals surface area (Å²) in [4.78, 5) is 37.8. The van der Waals surface area contributed by atoms with Crippen molar-refractivity contribution in [1.29, 1.82) is 0 Å². The van der Waals surface area contributed by atoms with E-state index in [4.69, 9.17) is 4.74 Å². The summed E-state index contributed by atoms with van der Waals surface area (Å²) in [6.07, 6.45) is 12.3. The topological polar surface area (TPSA) is 127 Å². The second kappa shape index (κ2) is 13.2.